The molecule has 1 aliphatic rings. The monoisotopic (exact) mass is 321 g/mol. The number of carbonyl (C=O) groups excluding carboxylic acids is 1. The zero-order valence-electron chi connectivity index (χ0n) is 12.4. The van der Waals surface area contributed by atoms with Crippen LogP contribution in [0.4, 0.5) is 8.78 Å². The van der Waals surface area contributed by atoms with Crippen molar-refractivity contribution in [1.29, 1.82) is 0 Å². The van der Waals surface area contributed by atoms with Gasteiger partial charge in [-0.15, -0.1) is 0 Å². The van der Waals surface area contributed by atoms with Crippen LogP contribution < -0.4 is 5.32 Å². The third kappa shape index (κ3) is 3.10. The van der Waals surface area contributed by atoms with Gasteiger partial charge in [0, 0.05) is 23.7 Å². The molecule has 5 nitrogen and oxygen atoms in total. The Hall–Kier alpha value is -2.28. The van der Waals surface area contributed by atoms with Crippen LogP contribution in [0, 0.1) is 11.6 Å². The van der Waals surface area contributed by atoms with E-state index in [0.717, 1.165) is 30.2 Å². The first-order valence-corrected chi connectivity index (χ1v) is 7.52. The van der Waals surface area contributed by atoms with Crippen LogP contribution in [0.3, 0.4) is 0 Å². The van der Waals surface area contributed by atoms with Gasteiger partial charge in [0.25, 0.3) is 0 Å². The molecule has 1 aliphatic carbocycles. The summed E-state index contributed by atoms with van der Waals surface area (Å²) >= 11 is 0. The molecule has 0 fully saturated rings. The van der Waals surface area contributed by atoms with Crippen LogP contribution in [0.1, 0.15) is 36.6 Å². The van der Waals surface area contributed by atoms with Gasteiger partial charge in [0.2, 0.25) is 5.91 Å². The molecule has 0 saturated heterocycles. The zero-order valence-corrected chi connectivity index (χ0v) is 12.4. The maximum atomic E-state index is 14.0. The molecule has 122 valence electrons. The highest BCUT2D eigenvalue weighted by molar-refractivity contribution is 5.76. The molecule has 1 amide bonds. The molecule has 1 heterocycles. The Balaban J connectivity index is 1.92. The SMILES string of the molecule is O=C(CCO)NC1CCCc2c1cnn2-c1ccc(F)cc1F. The number of hydrogen-bond donors (Lipinski definition) is 2. The van der Waals surface area contributed by atoms with Crippen molar-refractivity contribution < 1.29 is 18.7 Å². The minimum atomic E-state index is -0.678. The van der Waals surface area contributed by atoms with Gasteiger partial charge in [-0.25, -0.2) is 13.5 Å². The van der Waals surface area contributed by atoms with E-state index in [2.05, 4.69) is 10.4 Å². The summed E-state index contributed by atoms with van der Waals surface area (Å²) in [5.74, 6) is -1.55. The fraction of sp³-hybridized carbons (Fsp3) is 0.375. The Morgan fingerprint density at radius 1 is 1.43 bits per heavy atom. The summed E-state index contributed by atoms with van der Waals surface area (Å²) in [6.07, 6.45) is 3.96. The summed E-state index contributed by atoms with van der Waals surface area (Å²) in [6, 6.07) is 3.17. The fourth-order valence-electron chi connectivity index (χ4n) is 2.94. The highest BCUT2D eigenvalue weighted by Crippen LogP contribution is 2.31. The van der Waals surface area contributed by atoms with Gasteiger partial charge in [0.15, 0.2) is 5.82 Å². The number of rotatable bonds is 4. The molecule has 1 aromatic carbocycles. The Kier molecular flexibility index (Phi) is 4.38. The third-order valence-electron chi connectivity index (χ3n) is 3.99. The number of nitrogens with one attached hydrogen (secondary N) is 1. The second-order valence-corrected chi connectivity index (χ2v) is 5.54. The standard InChI is InChI=1S/C16H17F2N3O2/c17-10-4-5-15(12(18)8-10)21-14-3-1-2-13(11(14)9-19-21)20-16(23)6-7-22/h4-5,8-9,13,22H,1-3,6-7H2,(H,20,23). The molecule has 3 rings (SSSR count). The van der Waals surface area contributed by atoms with Crippen LogP contribution in [0.15, 0.2) is 24.4 Å². The maximum absolute atomic E-state index is 14.0. The Morgan fingerprint density at radius 3 is 3.00 bits per heavy atom. The molecule has 1 aromatic heterocycles. The summed E-state index contributed by atoms with van der Waals surface area (Å²) < 4.78 is 28.5. The van der Waals surface area contributed by atoms with Crippen molar-refractivity contribution >= 4 is 5.91 Å². The van der Waals surface area contributed by atoms with Gasteiger partial charge in [0.1, 0.15) is 11.5 Å². The van der Waals surface area contributed by atoms with Gasteiger partial charge in [0.05, 0.1) is 18.8 Å². The Labute approximate surface area is 131 Å². The topological polar surface area (TPSA) is 67.2 Å². The van der Waals surface area contributed by atoms with Crippen LogP contribution in [0.5, 0.6) is 0 Å². The molecule has 2 N–H and O–H groups in total. The van der Waals surface area contributed by atoms with E-state index in [0.29, 0.717) is 6.42 Å². The Bertz CT molecular complexity index is 730. The highest BCUT2D eigenvalue weighted by Gasteiger charge is 2.26. The number of carbonyl (C=O) groups is 1. The lowest BCUT2D eigenvalue weighted by atomic mass is 9.92. The molecule has 2 aromatic rings. The van der Waals surface area contributed by atoms with Gasteiger partial charge in [-0.05, 0) is 31.4 Å². The van der Waals surface area contributed by atoms with E-state index in [1.807, 2.05) is 0 Å². The lowest BCUT2D eigenvalue weighted by Gasteiger charge is -2.24. The van der Waals surface area contributed by atoms with Crippen molar-refractivity contribution in [2.24, 2.45) is 0 Å². The van der Waals surface area contributed by atoms with Crippen molar-refractivity contribution in [3.8, 4) is 5.69 Å². The van der Waals surface area contributed by atoms with Gasteiger partial charge in [-0.2, -0.15) is 5.10 Å². The molecule has 1 unspecified atom stereocenters. The first-order valence-electron chi connectivity index (χ1n) is 7.52. The fourth-order valence-corrected chi connectivity index (χ4v) is 2.94. The largest absolute Gasteiger partial charge is 0.396 e. The minimum absolute atomic E-state index is 0.0482. The average Bonchev–Trinajstić information content (AvgIpc) is 2.92. The highest BCUT2D eigenvalue weighted by atomic mass is 19.1. The van der Waals surface area contributed by atoms with Crippen LogP contribution in [0.2, 0.25) is 0 Å². The first kappa shape index (κ1) is 15.6. The number of fused-ring (bicyclic) bond motifs is 1. The molecule has 0 aliphatic heterocycles. The molecule has 0 radical (unpaired) electrons. The quantitative estimate of drug-likeness (QED) is 0.905. The van der Waals surface area contributed by atoms with Crippen LogP contribution in [-0.2, 0) is 11.2 Å². The number of benzene rings is 1. The molecule has 0 bridgehead atoms. The predicted octanol–water partition coefficient (Wildman–Crippen LogP) is 2.03. The lowest BCUT2D eigenvalue weighted by Crippen LogP contribution is -2.31. The zero-order chi connectivity index (χ0) is 16.4. The molecule has 0 saturated carbocycles. The molecule has 0 spiro atoms. The summed E-state index contributed by atoms with van der Waals surface area (Å²) in [4.78, 5) is 11.7. The molecular weight excluding hydrogens is 304 g/mol. The molecule has 1 atom stereocenters. The normalized spacial score (nSPS) is 16.9. The van der Waals surface area contributed by atoms with Gasteiger partial charge < -0.3 is 10.4 Å². The van der Waals surface area contributed by atoms with Crippen molar-refractivity contribution in [1.82, 2.24) is 15.1 Å². The van der Waals surface area contributed by atoms with Crippen LogP contribution in [-0.4, -0.2) is 27.4 Å². The second-order valence-electron chi connectivity index (χ2n) is 5.54. The third-order valence-corrected chi connectivity index (χ3v) is 3.99. The number of nitrogens with zero attached hydrogens (tertiary/aromatic N) is 2. The molecular formula is C16H17F2N3O2. The van der Waals surface area contributed by atoms with E-state index in [1.54, 1.807) is 6.20 Å². The maximum Gasteiger partial charge on any atom is 0.222 e. The Morgan fingerprint density at radius 2 is 2.26 bits per heavy atom. The number of hydrogen-bond acceptors (Lipinski definition) is 3. The van der Waals surface area contributed by atoms with Crippen LogP contribution in [0.25, 0.3) is 5.69 Å². The number of aliphatic hydroxyl groups excluding tert-OH is 1. The summed E-state index contributed by atoms with van der Waals surface area (Å²) in [5.41, 5.74) is 1.84. The minimum Gasteiger partial charge on any atom is -0.396 e. The first-order chi connectivity index (χ1) is 11.1. The number of aromatic nitrogens is 2. The van der Waals surface area contributed by atoms with E-state index >= 15 is 0 Å². The molecule has 23 heavy (non-hydrogen) atoms. The van der Waals surface area contributed by atoms with Crippen molar-refractivity contribution in [3.05, 3.63) is 47.3 Å². The number of halogens is 2. The van der Waals surface area contributed by atoms with E-state index in [9.17, 15) is 13.6 Å². The van der Waals surface area contributed by atoms with Crippen LogP contribution >= 0.6 is 0 Å². The van der Waals surface area contributed by atoms with E-state index < -0.39 is 11.6 Å². The average molecular weight is 321 g/mol. The van der Waals surface area contributed by atoms with Gasteiger partial charge in [-0.1, -0.05) is 0 Å². The lowest BCUT2D eigenvalue weighted by molar-refractivity contribution is -0.122. The number of amides is 1. The van der Waals surface area contributed by atoms with Gasteiger partial charge in [-0.3, -0.25) is 4.79 Å². The predicted molar refractivity (Wildman–Crippen MR) is 79.0 cm³/mol. The van der Waals surface area contributed by atoms with E-state index in [-0.39, 0.29) is 30.7 Å². The van der Waals surface area contributed by atoms with Crippen molar-refractivity contribution in [2.75, 3.05) is 6.61 Å². The summed E-state index contributed by atoms with van der Waals surface area (Å²) in [6.45, 7) is -0.203. The second kappa shape index (κ2) is 6.45. The summed E-state index contributed by atoms with van der Waals surface area (Å²) in [7, 11) is 0. The number of aliphatic hydroxyl groups is 1. The summed E-state index contributed by atoms with van der Waals surface area (Å²) in [5, 5.41) is 15.9. The van der Waals surface area contributed by atoms with Gasteiger partial charge >= 0.3 is 0 Å². The smallest absolute Gasteiger partial charge is 0.222 e. The van der Waals surface area contributed by atoms with Crippen molar-refractivity contribution in [2.45, 2.75) is 31.7 Å². The van der Waals surface area contributed by atoms with Crippen molar-refractivity contribution in [3.63, 3.8) is 0 Å². The molecule has 7 heteroatoms. The van der Waals surface area contributed by atoms with E-state index in [4.69, 9.17) is 5.11 Å². The van der Waals surface area contributed by atoms with E-state index in [1.165, 1.54) is 16.8 Å².